The van der Waals surface area contributed by atoms with Gasteiger partial charge in [-0.25, -0.2) is 8.42 Å². The number of alkyl halides is 3. The molecule has 0 bridgehead atoms. The normalized spacial score (nSPS) is 16.3. The summed E-state index contributed by atoms with van der Waals surface area (Å²) in [5.74, 6) is -0.612. The Labute approximate surface area is 180 Å². The first-order valence-corrected chi connectivity index (χ1v) is 11.5. The molecule has 2 aromatic carbocycles. The van der Waals surface area contributed by atoms with Crippen molar-refractivity contribution in [1.29, 1.82) is 0 Å². The van der Waals surface area contributed by atoms with Gasteiger partial charge in [-0.1, -0.05) is 35.9 Å². The van der Waals surface area contributed by atoms with Gasteiger partial charge in [0, 0.05) is 25.6 Å². The van der Waals surface area contributed by atoms with Crippen molar-refractivity contribution in [2.24, 2.45) is 5.92 Å². The van der Waals surface area contributed by atoms with Crippen molar-refractivity contribution in [3.63, 3.8) is 0 Å². The molecule has 0 aliphatic carbocycles. The number of rotatable bonds is 6. The van der Waals surface area contributed by atoms with Crippen LogP contribution in [-0.4, -0.2) is 38.3 Å². The third kappa shape index (κ3) is 5.65. The molecule has 1 heterocycles. The molecular weight excluding hydrogens is 429 g/mol. The summed E-state index contributed by atoms with van der Waals surface area (Å²) in [6.07, 6.45) is -3.62. The van der Waals surface area contributed by atoms with Gasteiger partial charge in [0.2, 0.25) is 15.9 Å². The molecule has 9 heteroatoms. The molecule has 1 amide bonds. The third-order valence-electron chi connectivity index (χ3n) is 5.50. The molecule has 1 fully saturated rings. The van der Waals surface area contributed by atoms with Crippen LogP contribution >= 0.6 is 0 Å². The van der Waals surface area contributed by atoms with Crippen molar-refractivity contribution >= 4 is 15.9 Å². The lowest BCUT2D eigenvalue weighted by Crippen LogP contribution is -2.43. The number of benzene rings is 2. The van der Waals surface area contributed by atoms with Gasteiger partial charge in [0.1, 0.15) is 0 Å². The lowest BCUT2D eigenvalue weighted by molar-refractivity contribution is -0.138. The summed E-state index contributed by atoms with van der Waals surface area (Å²) in [7, 11) is -3.60. The van der Waals surface area contributed by atoms with Crippen LogP contribution in [0.4, 0.5) is 13.2 Å². The van der Waals surface area contributed by atoms with Gasteiger partial charge in [-0.2, -0.15) is 17.5 Å². The molecule has 0 spiro atoms. The molecular formula is C22H25F3N2O3S. The van der Waals surface area contributed by atoms with Gasteiger partial charge in [0.05, 0.1) is 10.5 Å². The monoisotopic (exact) mass is 454 g/mol. The van der Waals surface area contributed by atoms with E-state index in [2.05, 4.69) is 5.32 Å². The fourth-order valence-electron chi connectivity index (χ4n) is 3.70. The number of carbonyl (C=O) groups excluding carboxylic acids is 1. The van der Waals surface area contributed by atoms with Crippen LogP contribution in [0.2, 0.25) is 0 Å². The summed E-state index contributed by atoms with van der Waals surface area (Å²) in [4.78, 5) is 12.7. The van der Waals surface area contributed by atoms with Gasteiger partial charge in [0.15, 0.2) is 0 Å². The van der Waals surface area contributed by atoms with E-state index >= 15 is 0 Å². The molecule has 0 radical (unpaired) electrons. The van der Waals surface area contributed by atoms with E-state index in [-0.39, 0.29) is 48.3 Å². The highest BCUT2D eigenvalue weighted by atomic mass is 32.2. The average molecular weight is 455 g/mol. The molecule has 5 nitrogen and oxygen atoms in total. The first kappa shape index (κ1) is 23.3. The van der Waals surface area contributed by atoms with E-state index in [1.807, 2.05) is 6.92 Å². The van der Waals surface area contributed by atoms with Crippen LogP contribution in [0.5, 0.6) is 0 Å². The van der Waals surface area contributed by atoms with Crippen molar-refractivity contribution in [2.75, 3.05) is 19.6 Å². The first-order valence-electron chi connectivity index (χ1n) is 10.1. The fourth-order valence-corrected chi connectivity index (χ4v) is 5.17. The average Bonchev–Trinajstić information content (AvgIpc) is 2.74. The van der Waals surface area contributed by atoms with E-state index < -0.39 is 21.8 Å². The molecule has 1 aliphatic heterocycles. The first-order chi connectivity index (χ1) is 14.6. The van der Waals surface area contributed by atoms with Crippen LogP contribution in [0.3, 0.4) is 0 Å². The molecule has 3 rings (SSSR count). The van der Waals surface area contributed by atoms with E-state index in [0.717, 1.165) is 11.6 Å². The van der Waals surface area contributed by atoms with Crippen LogP contribution in [0, 0.1) is 12.8 Å². The van der Waals surface area contributed by atoms with E-state index in [1.165, 1.54) is 22.5 Å². The number of sulfonamides is 1. The molecule has 168 valence electrons. The summed E-state index contributed by atoms with van der Waals surface area (Å²) in [6.45, 7) is 2.42. The second-order valence-electron chi connectivity index (χ2n) is 7.69. The van der Waals surface area contributed by atoms with E-state index in [0.29, 0.717) is 12.8 Å². The minimum atomic E-state index is -4.43. The SMILES string of the molecule is Cc1ccc(S(=O)(=O)N2CCC(C(=O)NCCc3ccccc3C(F)(F)F)CC2)cc1. The molecule has 0 unspecified atom stereocenters. The number of amides is 1. The summed E-state index contributed by atoms with van der Waals surface area (Å²) >= 11 is 0. The van der Waals surface area contributed by atoms with Crippen molar-refractivity contribution in [1.82, 2.24) is 9.62 Å². The number of piperidine rings is 1. The number of aryl methyl sites for hydroxylation is 1. The highest BCUT2D eigenvalue weighted by Gasteiger charge is 2.33. The predicted molar refractivity (Wildman–Crippen MR) is 111 cm³/mol. The van der Waals surface area contributed by atoms with Crippen LogP contribution < -0.4 is 5.32 Å². The number of hydrogen-bond acceptors (Lipinski definition) is 3. The zero-order valence-corrected chi connectivity index (χ0v) is 18.0. The number of nitrogens with zero attached hydrogens (tertiary/aromatic N) is 1. The highest BCUT2D eigenvalue weighted by molar-refractivity contribution is 7.89. The standard InChI is InChI=1S/C22H25F3N2O3S/c1-16-6-8-19(9-7-16)31(29,30)27-14-11-18(12-15-27)21(28)26-13-10-17-4-2-3-5-20(17)22(23,24)25/h2-9,18H,10-15H2,1H3,(H,26,28). The molecule has 0 atom stereocenters. The molecule has 1 saturated heterocycles. The van der Waals surface area contributed by atoms with Gasteiger partial charge in [0.25, 0.3) is 0 Å². The number of nitrogens with one attached hydrogen (secondary N) is 1. The van der Waals surface area contributed by atoms with Crippen molar-refractivity contribution in [2.45, 2.75) is 37.3 Å². The van der Waals surface area contributed by atoms with Crippen LogP contribution in [0.25, 0.3) is 0 Å². The Bertz CT molecular complexity index is 1010. The third-order valence-corrected chi connectivity index (χ3v) is 7.41. The van der Waals surface area contributed by atoms with E-state index in [9.17, 15) is 26.4 Å². The summed E-state index contributed by atoms with van der Waals surface area (Å²) in [6, 6.07) is 11.9. The molecule has 31 heavy (non-hydrogen) atoms. The lowest BCUT2D eigenvalue weighted by atomic mass is 9.97. The summed E-state index contributed by atoms with van der Waals surface area (Å²) in [5.41, 5.74) is 0.403. The zero-order chi connectivity index (χ0) is 22.6. The molecule has 1 N–H and O–H groups in total. The van der Waals surface area contributed by atoms with Crippen molar-refractivity contribution in [3.8, 4) is 0 Å². The molecule has 2 aromatic rings. The zero-order valence-electron chi connectivity index (χ0n) is 17.2. The van der Waals surface area contributed by atoms with Crippen molar-refractivity contribution in [3.05, 3.63) is 65.2 Å². The number of hydrogen-bond donors (Lipinski definition) is 1. The Hall–Kier alpha value is -2.39. The summed E-state index contributed by atoms with van der Waals surface area (Å²) < 4.78 is 66.1. The van der Waals surface area contributed by atoms with E-state index in [1.54, 1.807) is 24.3 Å². The highest BCUT2D eigenvalue weighted by Crippen LogP contribution is 2.32. The van der Waals surface area contributed by atoms with Gasteiger partial charge in [-0.05, 0) is 49.9 Å². The Morgan fingerprint density at radius 1 is 1.06 bits per heavy atom. The van der Waals surface area contributed by atoms with Gasteiger partial charge in [-0.3, -0.25) is 4.79 Å². The van der Waals surface area contributed by atoms with Crippen LogP contribution in [0.1, 0.15) is 29.5 Å². The Kier molecular flexibility index (Phi) is 7.06. The maximum Gasteiger partial charge on any atom is 0.416 e. The van der Waals surface area contributed by atoms with Gasteiger partial charge < -0.3 is 5.32 Å². The quantitative estimate of drug-likeness (QED) is 0.723. The number of carbonyl (C=O) groups is 1. The second kappa shape index (κ2) is 9.40. The van der Waals surface area contributed by atoms with Crippen LogP contribution in [-0.2, 0) is 27.4 Å². The summed E-state index contributed by atoms with van der Waals surface area (Å²) in [5, 5.41) is 2.70. The topological polar surface area (TPSA) is 66.5 Å². The minimum absolute atomic E-state index is 0.0715. The lowest BCUT2D eigenvalue weighted by Gasteiger charge is -2.30. The molecule has 1 aliphatic rings. The molecule has 0 aromatic heterocycles. The van der Waals surface area contributed by atoms with E-state index in [4.69, 9.17) is 0 Å². The smallest absolute Gasteiger partial charge is 0.356 e. The predicted octanol–water partition coefficient (Wildman–Crippen LogP) is 3.77. The van der Waals surface area contributed by atoms with Gasteiger partial charge in [-0.15, -0.1) is 0 Å². The van der Waals surface area contributed by atoms with Crippen LogP contribution in [0.15, 0.2) is 53.4 Å². The Morgan fingerprint density at radius 3 is 2.29 bits per heavy atom. The second-order valence-corrected chi connectivity index (χ2v) is 9.63. The Balaban J connectivity index is 1.51. The maximum absolute atomic E-state index is 13.1. The largest absolute Gasteiger partial charge is 0.416 e. The maximum atomic E-state index is 13.1. The molecule has 0 saturated carbocycles. The minimum Gasteiger partial charge on any atom is -0.356 e. The number of halogens is 3. The van der Waals surface area contributed by atoms with Gasteiger partial charge >= 0.3 is 6.18 Å². The van der Waals surface area contributed by atoms with Crippen molar-refractivity contribution < 1.29 is 26.4 Å². The Morgan fingerprint density at radius 2 is 1.68 bits per heavy atom. The fraction of sp³-hybridized carbons (Fsp3) is 0.409.